The molecule has 0 aliphatic carbocycles. The maximum Gasteiger partial charge on any atom is 0.416 e. The number of carbonyl (C=O) groups is 1. The predicted octanol–water partition coefficient (Wildman–Crippen LogP) is 4.65. The summed E-state index contributed by atoms with van der Waals surface area (Å²) >= 11 is 0. The summed E-state index contributed by atoms with van der Waals surface area (Å²) in [5.74, 6) is 0.101. The van der Waals surface area contributed by atoms with Crippen LogP contribution in [-0.2, 0) is 11.0 Å². The van der Waals surface area contributed by atoms with Crippen LogP contribution in [0.15, 0.2) is 36.4 Å². The van der Waals surface area contributed by atoms with E-state index in [1.807, 2.05) is 32.9 Å². The number of nitrogens with one attached hydrogen (secondary N) is 1. The van der Waals surface area contributed by atoms with Gasteiger partial charge in [0.2, 0.25) is 0 Å². The van der Waals surface area contributed by atoms with E-state index in [1.165, 1.54) is 12.1 Å². The average Bonchev–Trinajstić information content (AvgIpc) is 2.50. The molecule has 0 saturated heterocycles. The van der Waals surface area contributed by atoms with Gasteiger partial charge in [-0.3, -0.25) is 4.79 Å². The molecule has 0 bridgehead atoms. The van der Waals surface area contributed by atoms with Crippen molar-refractivity contribution < 1.29 is 22.7 Å². The summed E-state index contributed by atoms with van der Waals surface area (Å²) < 4.78 is 43.5. The summed E-state index contributed by atoms with van der Waals surface area (Å²) in [6.07, 6.45) is -4.45. The Hall–Kier alpha value is -2.50. The third kappa shape index (κ3) is 4.28. The van der Waals surface area contributed by atoms with Crippen LogP contribution in [0.5, 0.6) is 5.75 Å². The highest BCUT2D eigenvalue weighted by Crippen LogP contribution is 2.30. The van der Waals surface area contributed by atoms with E-state index < -0.39 is 17.6 Å². The monoisotopic (exact) mass is 337 g/mol. The number of hydrogen-bond donors (Lipinski definition) is 1. The Morgan fingerprint density at radius 3 is 2.42 bits per heavy atom. The Balaban J connectivity index is 2.04. The molecule has 0 aliphatic rings. The highest BCUT2D eigenvalue weighted by atomic mass is 19.4. The molecular formula is C18H18F3NO2. The molecule has 1 amide bonds. The lowest BCUT2D eigenvalue weighted by Crippen LogP contribution is -2.21. The normalized spacial score (nSPS) is 11.2. The van der Waals surface area contributed by atoms with E-state index in [0.29, 0.717) is 5.75 Å². The van der Waals surface area contributed by atoms with Gasteiger partial charge in [0.15, 0.2) is 6.61 Å². The van der Waals surface area contributed by atoms with Gasteiger partial charge in [-0.15, -0.1) is 0 Å². The first-order chi connectivity index (χ1) is 11.2. The van der Waals surface area contributed by atoms with Gasteiger partial charge in [0.05, 0.1) is 5.56 Å². The van der Waals surface area contributed by atoms with Crippen molar-refractivity contribution in [3.05, 3.63) is 58.7 Å². The first-order valence-electron chi connectivity index (χ1n) is 7.35. The summed E-state index contributed by atoms with van der Waals surface area (Å²) in [4.78, 5) is 11.9. The summed E-state index contributed by atoms with van der Waals surface area (Å²) in [6.45, 7) is 5.42. The van der Waals surface area contributed by atoms with Gasteiger partial charge >= 0.3 is 6.18 Å². The van der Waals surface area contributed by atoms with Crippen LogP contribution >= 0.6 is 0 Å². The molecule has 24 heavy (non-hydrogen) atoms. The fourth-order valence-corrected chi connectivity index (χ4v) is 2.26. The van der Waals surface area contributed by atoms with Crippen molar-refractivity contribution in [2.75, 3.05) is 11.9 Å². The van der Waals surface area contributed by atoms with Crippen molar-refractivity contribution >= 4 is 11.6 Å². The lowest BCUT2D eigenvalue weighted by molar-refractivity contribution is -0.137. The van der Waals surface area contributed by atoms with E-state index in [9.17, 15) is 18.0 Å². The minimum atomic E-state index is -4.45. The molecule has 2 aromatic carbocycles. The van der Waals surface area contributed by atoms with E-state index in [1.54, 1.807) is 0 Å². The van der Waals surface area contributed by atoms with Gasteiger partial charge in [-0.25, -0.2) is 0 Å². The molecule has 128 valence electrons. The summed E-state index contributed by atoms with van der Waals surface area (Å²) in [7, 11) is 0. The minimum Gasteiger partial charge on any atom is -0.483 e. The van der Waals surface area contributed by atoms with Crippen LogP contribution in [-0.4, -0.2) is 12.5 Å². The van der Waals surface area contributed by atoms with E-state index in [4.69, 9.17) is 4.74 Å². The third-order valence-electron chi connectivity index (χ3n) is 3.69. The number of halogens is 3. The van der Waals surface area contributed by atoms with Crippen LogP contribution in [0.25, 0.3) is 0 Å². The highest BCUT2D eigenvalue weighted by molar-refractivity contribution is 5.92. The molecule has 2 aromatic rings. The van der Waals surface area contributed by atoms with Crippen LogP contribution in [0, 0.1) is 20.8 Å². The topological polar surface area (TPSA) is 38.3 Å². The molecule has 0 unspecified atom stereocenters. The second-order valence-corrected chi connectivity index (χ2v) is 5.57. The second-order valence-electron chi connectivity index (χ2n) is 5.57. The van der Waals surface area contributed by atoms with Gasteiger partial charge in [-0.1, -0.05) is 18.2 Å². The molecule has 0 radical (unpaired) electrons. The van der Waals surface area contributed by atoms with E-state index in [2.05, 4.69) is 5.32 Å². The Labute approximate surface area is 138 Å². The maximum absolute atomic E-state index is 12.7. The number of amides is 1. The standard InChI is InChI=1S/C18H18F3NO2/c1-11-7-8-12(2)17(13(11)3)24-10-16(23)22-15-6-4-5-14(9-15)18(19,20)21/h4-9H,10H2,1-3H3,(H,22,23). The first-order valence-corrected chi connectivity index (χ1v) is 7.35. The molecular weight excluding hydrogens is 319 g/mol. The molecule has 0 aromatic heterocycles. The lowest BCUT2D eigenvalue weighted by atomic mass is 10.1. The zero-order chi connectivity index (χ0) is 17.9. The molecule has 1 N–H and O–H groups in total. The Kier molecular flexibility index (Phi) is 5.17. The summed E-state index contributed by atoms with van der Waals surface area (Å²) in [6, 6.07) is 8.33. The Morgan fingerprint density at radius 2 is 1.75 bits per heavy atom. The third-order valence-corrected chi connectivity index (χ3v) is 3.69. The van der Waals surface area contributed by atoms with E-state index in [0.717, 1.165) is 28.8 Å². The van der Waals surface area contributed by atoms with E-state index >= 15 is 0 Å². The highest BCUT2D eigenvalue weighted by Gasteiger charge is 2.30. The number of hydrogen-bond acceptors (Lipinski definition) is 2. The smallest absolute Gasteiger partial charge is 0.416 e. The zero-order valence-corrected chi connectivity index (χ0v) is 13.6. The number of carbonyl (C=O) groups excluding carboxylic acids is 1. The quantitative estimate of drug-likeness (QED) is 0.882. The van der Waals surface area contributed by atoms with Crippen molar-refractivity contribution in [3.8, 4) is 5.75 Å². The van der Waals surface area contributed by atoms with Crippen molar-refractivity contribution in [1.29, 1.82) is 0 Å². The van der Waals surface area contributed by atoms with Gasteiger partial charge < -0.3 is 10.1 Å². The number of benzene rings is 2. The van der Waals surface area contributed by atoms with Crippen LogP contribution < -0.4 is 10.1 Å². The van der Waals surface area contributed by atoms with Crippen LogP contribution in [0.3, 0.4) is 0 Å². The van der Waals surface area contributed by atoms with Gasteiger partial charge in [-0.05, 0) is 55.7 Å². The van der Waals surface area contributed by atoms with Crippen molar-refractivity contribution in [3.63, 3.8) is 0 Å². The van der Waals surface area contributed by atoms with Crippen LogP contribution in [0.2, 0.25) is 0 Å². The lowest BCUT2D eigenvalue weighted by Gasteiger charge is -2.14. The average molecular weight is 337 g/mol. The number of alkyl halides is 3. The molecule has 0 spiro atoms. The molecule has 0 fully saturated rings. The minimum absolute atomic E-state index is 0.0797. The molecule has 0 heterocycles. The predicted molar refractivity (Wildman–Crippen MR) is 86.2 cm³/mol. The first kappa shape index (κ1) is 17.8. The van der Waals surface area contributed by atoms with Crippen molar-refractivity contribution in [1.82, 2.24) is 0 Å². The fourth-order valence-electron chi connectivity index (χ4n) is 2.26. The van der Waals surface area contributed by atoms with Gasteiger partial charge in [0, 0.05) is 5.69 Å². The SMILES string of the molecule is Cc1ccc(C)c(OCC(=O)Nc2cccc(C(F)(F)F)c2)c1C. The molecule has 0 aliphatic heterocycles. The van der Waals surface area contributed by atoms with Crippen molar-refractivity contribution in [2.45, 2.75) is 26.9 Å². The van der Waals surface area contributed by atoms with Crippen LogP contribution in [0.4, 0.5) is 18.9 Å². The van der Waals surface area contributed by atoms with E-state index in [-0.39, 0.29) is 12.3 Å². The fraction of sp³-hybridized carbons (Fsp3) is 0.278. The molecule has 2 rings (SSSR count). The summed E-state index contributed by atoms with van der Waals surface area (Å²) in [5.41, 5.74) is 2.13. The van der Waals surface area contributed by atoms with Gasteiger partial charge in [-0.2, -0.15) is 13.2 Å². The molecule has 6 heteroatoms. The number of ether oxygens (including phenoxy) is 1. The van der Waals surface area contributed by atoms with Gasteiger partial charge in [0.1, 0.15) is 5.75 Å². The molecule has 0 saturated carbocycles. The number of aryl methyl sites for hydroxylation is 2. The number of anilines is 1. The summed E-state index contributed by atoms with van der Waals surface area (Å²) in [5, 5.41) is 2.41. The van der Waals surface area contributed by atoms with Gasteiger partial charge in [0.25, 0.3) is 5.91 Å². The Bertz CT molecular complexity index is 754. The molecule has 0 atom stereocenters. The largest absolute Gasteiger partial charge is 0.483 e. The zero-order valence-electron chi connectivity index (χ0n) is 13.6. The maximum atomic E-state index is 12.7. The number of rotatable bonds is 4. The molecule has 3 nitrogen and oxygen atoms in total. The van der Waals surface area contributed by atoms with Crippen LogP contribution in [0.1, 0.15) is 22.3 Å². The van der Waals surface area contributed by atoms with Crippen molar-refractivity contribution in [2.24, 2.45) is 0 Å². The Morgan fingerprint density at radius 1 is 1.08 bits per heavy atom. The second kappa shape index (κ2) is 6.95.